The smallest absolute Gasteiger partial charge is 0.125 e. The van der Waals surface area contributed by atoms with Crippen LogP contribution in [0.1, 0.15) is 0 Å². The maximum Gasteiger partial charge on any atom is 0.125 e. The highest BCUT2D eigenvalue weighted by molar-refractivity contribution is 9.10. The number of hydrogen-bond donors (Lipinski definition) is 1. The van der Waals surface area contributed by atoms with Crippen molar-refractivity contribution in [3.05, 3.63) is 22.9 Å². The summed E-state index contributed by atoms with van der Waals surface area (Å²) in [4.78, 5) is 6.13. The number of anilines is 1. The van der Waals surface area contributed by atoms with Gasteiger partial charge < -0.3 is 5.32 Å². The molecule has 5 heteroatoms. The molecule has 1 saturated heterocycles. The number of nitrogens with zero attached hydrogens (tertiary/aromatic N) is 2. The number of likely N-dealkylation sites (tertiary alicyclic amines) is 1. The molecule has 1 aliphatic rings. The van der Waals surface area contributed by atoms with E-state index in [0.29, 0.717) is 13.1 Å². The lowest BCUT2D eigenvalue weighted by Crippen LogP contribution is -2.49. The van der Waals surface area contributed by atoms with Crippen LogP contribution < -0.4 is 5.32 Å². The first-order chi connectivity index (χ1) is 7.24. The van der Waals surface area contributed by atoms with Gasteiger partial charge in [-0.25, -0.2) is 9.37 Å². The van der Waals surface area contributed by atoms with Crippen LogP contribution in [0.3, 0.4) is 0 Å². The summed E-state index contributed by atoms with van der Waals surface area (Å²) in [5.74, 6) is 0. The normalized spacial score (nSPS) is 17.5. The summed E-state index contributed by atoms with van der Waals surface area (Å²) in [6.07, 6.45) is 1.13. The van der Waals surface area contributed by atoms with Crippen molar-refractivity contribution in [2.45, 2.75) is 6.17 Å². The van der Waals surface area contributed by atoms with E-state index in [2.05, 4.69) is 31.1 Å². The minimum absolute atomic E-state index is 0.585. The van der Waals surface area contributed by atoms with Crippen molar-refractivity contribution >= 4 is 21.6 Å². The highest BCUT2D eigenvalue weighted by Crippen LogP contribution is 2.13. The van der Waals surface area contributed by atoms with Gasteiger partial charge in [0.15, 0.2) is 0 Å². The summed E-state index contributed by atoms with van der Waals surface area (Å²) in [5.41, 5.74) is 1.04. The molecular weight excluding hydrogens is 261 g/mol. The van der Waals surface area contributed by atoms with E-state index >= 15 is 0 Å². The molecule has 15 heavy (non-hydrogen) atoms. The molecule has 0 bridgehead atoms. The Morgan fingerprint density at radius 3 is 3.07 bits per heavy atom. The lowest BCUT2D eigenvalue weighted by atomic mass is 10.2. The first-order valence-corrected chi connectivity index (χ1v) is 5.75. The van der Waals surface area contributed by atoms with Crippen molar-refractivity contribution in [2.75, 3.05) is 31.5 Å². The number of rotatable bonds is 4. The monoisotopic (exact) mass is 273 g/mol. The van der Waals surface area contributed by atoms with Gasteiger partial charge in [0, 0.05) is 38.1 Å². The number of alkyl halides is 1. The van der Waals surface area contributed by atoms with Crippen LogP contribution in [0.4, 0.5) is 10.1 Å². The van der Waals surface area contributed by atoms with E-state index in [1.54, 1.807) is 6.20 Å². The number of pyridine rings is 1. The fourth-order valence-electron chi connectivity index (χ4n) is 1.56. The highest BCUT2D eigenvalue weighted by atomic mass is 79.9. The van der Waals surface area contributed by atoms with Crippen molar-refractivity contribution in [1.29, 1.82) is 0 Å². The predicted molar refractivity (Wildman–Crippen MR) is 61.8 cm³/mol. The zero-order valence-electron chi connectivity index (χ0n) is 8.29. The van der Waals surface area contributed by atoms with Crippen molar-refractivity contribution < 1.29 is 4.39 Å². The number of halogens is 2. The third kappa shape index (κ3) is 3.14. The van der Waals surface area contributed by atoms with Gasteiger partial charge in [-0.1, -0.05) is 0 Å². The van der Waals surface area contributed by atoms with Gasteiger partial charge in [0.25, 0.3) is 0 Å². The summed E-state index contributed by atoms with van der Waals surface area (Å²) in [7, 11) is 0. The second-order valence-corrected chi connectivity index (χ2v) is 4.46. The fourth-order valence-corrected chi connectivity index (χ4v) is 1.93. The molecule has 82 valence electrons. The highest BCUT2D eigenvalue weighted by Gasteiger charge is 2.24. The molecule has 0 spiro atoms. The molecule has 1 aromatic rings. The van der Waals surface area contributed by atoms with Gasteiger partial charge in [0.05, 0.1) is 0 Å². The minimum Gasteiger partial charge on any atom is -0.384 e. The minimum atomic E-state index is -0.611. The lowest BCUT2D eigenvalue weighted by molar-refractivity contribution is 0.0698. The molecule has 0 amide bonds. The largest absolute Gasteiger partial charge is 0.384 e. The molecular formula is C10H13BrFN3. The number of hydrogen-bond acceptors (Lipinski definition) is 3. The van der Waals surface area contributed by atoms with Crippen LogP contribution in [-0.4, -0.2) is 42.2 Å². The molecule has 1 aromatic heterocycles. The van der Waals surface area contributed by atoms with E-state index in [1.165, 1.54) is 0 Å². The quantitative estimate of drug-likeness (QED) is 0.850. The Balaban J connectivity index is 1.69. The maximum atomic E-state index is 12.5. The van der Waals surface area contributed by atoms with Crippen molar-refractivity contribution in [1.82, 2.24) is 9.88 Å². The summed E-state index contributed by atoms with van der Waals surface area (Å²) < 4.78 is 13.3. The van der Waals surface area contributed by atoms with E-state index in [4.69, 9.17) is 0 Å². The van der Waals surface area contributed by atoms with Crippen molar-refractivity contribution in [2.24, 2.45) is 0 Å². The second kappa shape index (κ2) is 4.90. The van der Waals surface area contributed by atoms with Gasteiger partial charge in [-0.3, -0.25) is 4.90 Å². The van der Waals surface area contributed by atoms with Gasteiger partial charge in [0.2, 0.25) is 0 Å². The lowest BCUT2D eigenvalue weighted by Gasteiger charge is -2.34. The third-order valence-corrected chi connectivity index (χ3v) is 2.83. The van der Waals surface area contributed by atoms with E-state index in [1.807, 2.05) is 12.1 Å². The molecule has 0 saturated carbocycles. The second-order valence-electron chi connectivity index (χ2n) is 3.65. The van der Waals surface area contributed by atoms with Crippen LogP contribution in [0.2, 0.25) is 0 Å². The van der Waals surface area contributed by atoms with Crippen LogP contribution in [0.5, 0.6) is 0 Å². The molecule has 0 radical (unpaired) electrons. The van der Waals surface area contributed by atoms with Gasteiger partial charge in [-0.2, -0.15) is 0 Å². The summed E-state index contributed by atoms with van der Waals surface area (Å²) in [5, 5.41) is 3.27. The number of nitrogens with one attached hydrogen (secondary N) is 1. The fraction of sp³-hybridized carbons (Fsp3) is 0.500. The Labute approximate surface area is 96.8 Å². The Kier molecular flexibility index (Phi) is 3.53. The Morgan fingerprint density at radius 2 is 2.40 bits per heavy atom. The van der Waals surface area contributed by atoms with E-state index < -0.39 is 6.17 Å². The Bertz CT molecular complexity index is 328. The molecule has 0 aromatic carbocycles. The molecule has 1 N–H and O–H groups in total. The van der Waals surface area contributed by atoms with Crippen LogP contribution in [0, 0.1) is 0 Å². The first kappa shape index (κ1) is 10.8. The zero-order valence-corrected chi connectivity index (χ0v) is 9.87. The van der Waals surface area contributed by atoms with Crippen LogP contribution in [-0.2, 0) is 0 Å². The molecule has 3 nitrogen and oxygen atoms in total. The van der Waals surface area contributed by atoms with E-state index in [0.717, 1.165) is 23.4 Å². The van der Waals surface area contributed by atoms with Gasteiger partial charge >= 0.3 is 0 Å². The topological polar surface area (TPSA) is 28.2 Å². The van der Waals surface area contributed by atoms with Gasteiger partial charge in [0.1, 0.15) is 10.8 Å². The van der Waals surface area contributed by atoms with E-state index in [9.17, 15) is 4.39 Å². The van der Waals surface area contributed by atoms with Crippen LogP contribution >= 0.6 is 15.9 Å². The molecule has 0 atom stereocenters. The molecule has 0 unspecified atom stereocenters. The molecule has 0 aliphatic carbocycles. The maximum absolute atomic E-state index is 12.5. The molecule has 1 fully saturated rings. The third-order valence-electron chi connectivity index (χ3n) is 2.40. The van der Waals surface area contributed by atoms with Crippen molar-refractivity contribution in [3.63, 3.8) is 0 Å². The summed E-state index contributed by atoms with van der Waals surface area (Å²) in [6.45, 7) is 2.90. The first-order valence-electron chi connectivity index (χ1n) is 4.96. The average molecular weight is 274 g/mol. The summed E-state index contributed by atoms with van der Waals surface area (Å²) in [6, 6.07) is 3.84. The van der Waals surface area contributed by atoms with Gasteiger partial charge in [-0.05, 0) is 28.1 Å². The standard InChI is InChI=1S/C10H13BrFN3/c11-10-5-9(1-2-14-10)13-3-4-15-6-8(12)7-15/h1-2,5,8H,3-4,6-7H2,(H,13,14). The zero-order chi connectivity index (χ0) is 10.7. The van der Waals surface area contributed by atoms with Gasteiger partial charge in [-0.15, -0.1) is 0 Å². The average Bonchev–Trinajstić information content (AvgIpc) is 2.15. The van der Waals surface area contributed by atoms with E-state index in [-0.39, 0.29) is 0 Å². The Hall–Kier alpha value is -0.680. The number of aromatic nitrogens is 1. The van der Waals surface area contributed by atoms with Crippen LogP contribution in [0.25, 0.3) is 0 Å². The van der Waals surface area contributed by atoms with Crippen LogP contribution in [0.15, 0.2) is 22.9 Å². The predicted octanol–water partition coefficient (Wildman–Crippen LogP) is 1.91. The SMILES string of the molecule is FC1CN(CCNc2ccnc(Br)c2)C1. The molecule has 2 rings (SSSR count). The van der Waals surface area contributed by atoms with Crippen molar-refractivity contribution in [3.8, 4) is 0 Å². The Morgan fingerprint density at radius 1 is 1.60 bits per heavy atom. The molecule has 1 aliphatic heterocycles. The molecule has 2 heterocycles. The summed E-state index contributed by atoms with van der Waals surface area (Å²) >= 11 is 3.30.